The van der Waals surface area contributed by atoms with Crippen molar-refractivity contribution in [3.63, 3.8) is 0 Å². The van der Waals surface area contributed by atoms with Gasteiger partial charge in [-0.15, -0.1) is 0 Å². The molecule has 0 aliphatic rings. The second-order valence-corrected chi connectivity index (χ2v) is 4.86. The van der Waals surface area contributed by atoms with Crippen molar-refractivity contribution in [3.05, 3.63) is 36.4 Å². The maximum absolute atomic E-state index is 4.68. The quantitative estimate of drug-likeness (QED) is 0.809. The van der Waals surface area contributed by atoms with Crippen molar-refractivity contribution in [2.24, 2.45) is 0 Å². The summed E-state index contributed by atoms with van der Waals surface area (Å²) in [6, 6.07) is 0. The van der Waals surface area contributed by atoms with Crippen molar-refractivity contribution in [2.45, 2.75) is 39.7 Å². The first kappa shape index (κ1) is 13.7. The molecule has 0 aliphatic carbocycles. The van der Waals surface area contributed by atoms with Crippen LogP contribution in [0.2, 0.25) is 0 Å². The standard InChI is InChI=1S/C14H21N5/c1-4-5-15-8-12-13(19-7-6-16-10-19)9-17-14(18-12)11(2)3/h6-7,9-11,15H,4-5,8H2,1-3H3. The molecule has 0 saturated carbocycles. The topological polar surface area (TPSA) is 55.6 Å². The van der Waals surface area contributed by atoms with Crippen LogP contribution in [0.5, 0.6) is 0 Å². The molecule has 0 aliphatic heterocycles. The van der Waals surface area contributed by atoms with Crippen molar-refractivity contribution in [1.82, 2.24) is 24.8 Å². The summed E-state index contributed by atoms with van der Waals surface area (Å²) in [5, 5.41) is 3.40. The molecule has 2 aromatic rings. The fraction of sp³-hybridized carbons (Fsp3) is 0.500. The van der Waals surface area contributed by atoms with E-state index in [0.29, 0.717) is 5.92 Å². The van der Waals surface area contributed by atoms with E-state index in [-0.39, 0.29) is 0 Å². The van der Waals surface area contributed by atoms with Crippen LogP contribution in [0.15, 0.2) is 24.9 Å². The SMILES string of the molecule is CCCNCc1nc(C(C)C)ncc1-n1ccnc1. The molecular weight excluding hydrogens is 238 g/mol. The highest BCUT2D eigenvalue weighted by atomic mass is 15.1. The van der Waals surface area contributed by atoms with Gasteiger partial charge in [-0.3, -0.25) is 0 Å². The molecule has 102 valence electrons. The Bertz CT molecular complexity index is 505. The van der Waals surface area contributed by atoms with Gasteiger partial charge in [0.15, 0.2) is 0 Å². The Kier molecular flexibility index (Phi) is 4.63. The van der Waals surface area contributed by atoms with Gasteiger partial charge >= 0.3 is 0 Å². The number of hydrogen-bond acceptors (Lipinski definition) is 4. The van der Waals surface area contributed by atoms with Crippen LogP contribution in [0, 0.1) is 0 Å². The second kappa shape index (κ2) is 6.43. The largest absolute Gasteiger partial charge is 0.311 e. The molecule has 0 unspecified atom stereocenters. The van der Waals surface area contributed by atoms with Crippen LogP contribution in [0.1, 0.15) is 44.6 Å². The van der Waals surface area contributed by atoms with Crippen LogP contribution in [-0.4, -0.2) is 26.1 Å². The molecule has 0 atom stereocenters. The monoisotopic (exact) mass is 259 g/mol. The number of hydrogen-bond donors (Lipinski definition) is 1. The summed E-state index contributed by atoms with van der Waals surface area (Å²) in [6.07, 6.45) is 8.45. The first-order chi connectivity index (χ1) is 9.22. The number of rotatable bonds is 6. The van der Waals surface area contributed by atoms with Crippen molar-refractivity contribution in [3.8, 4) is 5.69 Å². The Labute approximate surface area is 114 Å². The minimum Gasteiger partial charge on any atom is -0.311 e. The molecule has 19 heavy (non-hydrogen) atoms. The third-order valence-electron chi connectivity index (χ3n) is 2.88. The first-order valence-corrected chi connectivity index (χ1v) is 6.77. The fourth-order valence-electron chi connectivity index (χ4n) is 1.84. The predicted octanol–water partition coefficient (Wildman–Crippen LogP) is 2.29. The Balaban J connectivity index is 2.30. The summed E-state index contributed by atoms with van der Waals surface area (Å²) < 4.78 is 1.95. The highest BCUT2D eigenvalue weighted by Gasteiger charge is 2.10. The van der Waals surface area contributed by atoms with Crippen molar-refractivity contribution < 1.29 is 0 Å². The van der Waals surface area contributed by atoms with Crippen molar-refractivity contribution in [1.29, 1.82) is 0 Å². The van der Waals surface area contributed by atoms with Gasteiger partial charge < -0.3 is 9.88 Å². The van der Waals surface area contributed by atoms with E-state index in [1.54, 1.807) is 12.5 Å². The predicted molar refractivity (Wildman–Crippen MR) is 75.2 cm³/mol. The van der Waals surface area contributed by atoms with Crippen molar-refractivity contribution >= 4 is 0 Å². The van der Waals surface area contributed by atoms with E-state index in [0.717, 1.165) is 36.7 Å². The maximum Gasteiger partial charge on any atom is 0.131 e. The minimum absolute atomic E-state index is 0.335. The summed E-state index contributed by atoms with van der Waals surface area (Å²) in [5.41, 5.74) is 2.01. The molecule has 1 N–H and O–H groups in total. The average Bonchev–Trinajstić information content (AvgIpc) is 2.92. The first-order valence-electron chi connectivity index (χ1n) is 6.77. The molecule has 0 spiro atoms. The van der Waals surface area contributed by atoms with Crippen molar-refractivity contribution in [2.75, 3.05) is 6.54 Å². The van der Waals surface area contributed by atoms with E-state index in [9.17, 15) is 0 Å². The lowest BCUT2D eigenvalue weighted by Gasteiger charge is -2.12. The van der Waals surface area contributed by atoms with Crippen LogP contribution in [0.25, 0.3) is 5.69 Å². The zero-order chi connectivity index (χ0) is 13.7. The lowest BCUT2D eigenvalue weighted by Crippen LogP contribution is -2.18. The van der Waals surface area contributed by atoms with Gasteiger partial charge in [-0.05, 0) is 13.0 Å². The van der Waals surface area contributed by atoms with E-state index < -0.39 is 0 Å². The highest BCUT2D eigenvalue weighted by molar-refractivity contribution is 5.34. The van der Waals surface area contributed by atoms with Crippen LogP contribution in [0.3, 0.4) is 0 Å². The van der Waals surface area contributed by atoms with Gasteiger partial charge in [-0.25, -0.2) is 15.0 Å². The van der Waals surface area contributed by atoms with E-state index in [1.165, 1.54) is 0 Å². The molecule has 2 heterocycles. The summed E-state index contributed by atoms with van der Waals surface area (Å²) in [6.45, 7) is 8.11. The molecule has 0 aromatic carbocycles. The van der Waals surface area contributed by atoms with Gasteiger partial charge in [0.25, 0.3) is 0 Å². The molecule has 0 fully saturated rings. The Morgan fingerprint density at radius 3 is 2.84 bits per heavy atom. The zero-order valence-electron chi connectivity index (χ0n) is 11.8. The number of nitrogens with one attached hydrogen (secondary N) is 1. The number of nitrogens with zero attached hydrogens (tertiary/aromatic N) is 4. The third-order valence-corrected chi connectivity index (χ3v) is 2.88. The smallest absolute Gasteiger partial charge is 0.131 e. The van der Waals surface area contributed by atoms with E-state index >= 15 is 0 Å². The van der Waals surface area contributed by atoms with E-state index in [4.69, 9.17) is 0 Å². The molecular formula is C14H21N5. The van der Waals surface area contributed by atoms with Gasteiger partial charge in [0.2, 0.25) is 0 Å². The van der Waals surface area contributed by atoms with Crippen LogP contribution >= 0.6 is 0 Å². The van der Waals surface area contributed by atoms with Gasteiger partial charge in [0, 0.05) is 24.9 Å². The van der Waals surface area contributed by atoms with Gasteiger partial charge in [0.1, 0.15) is 5.82 Å². The molecule has 0 radical (unpaired) electrons. The molecule has 0 bridgehead atoms. The Morgan fingerprint density at radius 1 is 1.37 bits per heavy atom. The van der Waals surface area contributed by atoms with Gasteiger partial charge in [-0.1, -0.05) is 20.8 Å². The summed E-state index contributed by atoms with van der Waals surface area (Å²) in [5.74, 6) is 1.22. The van der Waals surface area contributed by atoms with E-state index in [2.05, 4.69) is 41.0 Å². The zero-order valence-corrected chi connectivity index (χ0v) is 11.8. The molecule has 0 saturated heterocycles. The fourth-order valence-corrected chi connectivity index (χ4v) is 1.84. The molecule has 5 nitrogen and oxygen atoms in total. The van der Waals surface area contributed by atoms with Crippen LogP contribution in [-0.2, 0) is 6.54 Å². The number of aromatic nitrogens is 4. The molecule has 2 aromatic heterocycles. The van der Waals surface area contributed by atoms with Gasteiger partial charge in [-0.2, -0.15) is 0 Å². The van der Waals surface area contributed by atoms with E-state index in [1.807, 2.05) is 17.0 Å². The maximum atomic E-state index is 4.68. The third kappa shape index (κ3) is 3.38. The molecule has 5 heteroatoms. The highest BCUT2D eigenvalue weighted by Crippen LogP contribution is 2.15. The summed E-state index contributed by atoms with van der Waals surface area (Å²) in [4.78, 5) is 13.2. The number of imidazole rings is 1. The van der Waals surface area contributed by atoms with Gasteiger partial charge in [0.05, 0.1) is 23.9 Å². The normalized spacial score (nSPS) is 11.2. The Hall–Kier alpha value is -1.75. The lowest BCUT2D eigenvalue weighted by molar-refractivity contribution is 0.648. The minimum atomic E-state index is 0.335. The van der Waals surface area contributed by atoms with Crippen LogP contribution in [0.4, 0.5) is 0 Å². The molecule has 2 rings (SSSR count). The summed E-state index contributed by atoms with van der Waals surface area (Å²) in [7, 11) is 0. The molecule has 0 amide bonds. The Morgan fingerprint density at radius 2 is 2.21 bits per heavy atom. The van der Waals surface area contributed by atoms with Crippen LogP contribution < -0.4 is 5.32 Å². The lowest BCUT2D eigenvalue weighted by atomic mass is 10.2. The average molecular weight is 259 g/mol. The second-order valence-electron chi connectivity index (χ2n) is 4.86. The summed E-state index contributed by atoms with van der Waals surface area (Å²) >= 11 is 0.